The van der Waals surface area contributed by atoms with E-state index in [0.29, 0.717) is 0 Å². The zero-order valence-corrected chi connectivity index (χ0v) is 14.4. The van der Waals surface area contributed by atoms with Gasteiger partial charge in [-0.05, 0) is 18.1 Å². The molecule has 0 bridgehead atoms. The van der Waals surface area contributed by atoms with Crippen LogP contribution < -0.4 is 10.2 Å². The fourth-order valence-electron chi connectivity index (χ4n) is 2.57. The number of aliphatic imine (C=N–C) groups is 1. The maximum absolute atomic E-state index is 4.39. The highest BCUT2D eigenvalue weighted by Gasteiger charge is 2.21. The number of aromatic nitrogens is 2. The average Bonchev–Trinajstić information content (AvgIpc) is 3.13. The summed E-state index contributed by atoms with van der Waals surface area (Å²) in [6.07, 6.45) is 6.68. The lowest BCUT2D eigenvalue weighted by molar-refractivity contribution is 0.668. The normalized spacial score (nSPS) is 13.8. The number of anilines is 1. The molecule has 0 fully saturated rings. The van der Waals surface area contributed by atoms with Gasteiger partial charge in [-0.2, -0.15) is 0 Å². The molecule has 2 heterocycles. The van der Waals surface area contributed by atoms with E-state index in [1.54, 1.807) is 6.20 Å². The number of fused-ring (bicyclic) bond motifs is 1. The van der Waals surface area contributed by atoms with Crippen LogP contribution in [0.3, 0.4) is 0 Å². The topological polar surface area (TPSA) is 45.5 Å². The highest BCUT2D eigenvalue weighted by Crippen LogP contribution is 2.27. The van der Waals surface area contributed by atoms with E-state index in [2.05, 4.69) is 49.0 Å². The standard InChI is InChI=1S/C15H19N5.HI/c1-16-15(18-8-11-19-10-7-17-12-19)20-9-6-13-4-2-3-5-14(13)20;/h2-5,7,10,12H,6,8-9,11H2,1H3,(H,16,18);1H. The van der Waals surface area contributed by atoms with Crippen molar-refractivity contribution in [3.05, 3.63) is 48.5 Å². The van der Waals surface area contributed by atoms with Crippen LogP contribution in [0, 0.1) is 0 Å². The number of hydrogen-bond donors (Lipinski definition) is 1. The van der Waals surface area contributed by atoms with Gasteiger partial charge in [0.25, 0.3) is 0 Å². The second-order valence-corrected chi connectivity index (χ2v) is 4.80. The smallest absolute Gasteiger partial charge is 0.198 e. The van der Waals surface area contributed by atoms with Crippen molar-refractivity contribution in [2.45, 2.75) is 13.0 Å². The van der Waals surface area contributed by atoms with Gasteiger partial charge in [-0.15, -0.1) is 24.0 Å². The molecule has 0 aliphatic carbocycles. The minimum atomic E-state index is 0. The molecule has 1 aliphatic rings. The molecule has 1 aromatic heterocycles. The fourth-order valence-corrected chi connectivity index (χ4v) is 2.57. The molecule has 0 atom stereocenters. The number of nitrogens with one attached hydrogen (secondary N) is 1. The lowest BCUT2D eigenvalue weighted by Crippen LogP contribution is -2.41. The number of rotatable bonds is 3. The molecule has 21 heavy (non-hydrogen) atoms. The first-order chi connectivity index (χ1) is 9.88. The Morgan fingerprint density at radius 2 is 2.24 bits per heavy atom. The largest absolute Gasteiger partial charge is 0.354 e. The molecule has 0 radical (unpaired) electrons. The molecule has 1 N–H and O–H groups in total. The first kappa shape index (κ1) is 15.8. The molecule has 2 aromatic rings. The lowest BCUT2D eigenvalue weighted by atomic mass is 10.2. The predicted molar refractivity (Wildman–Crippen MR) is 96.5 cm³/mol. The Morgan fingerprint density at radius 1 is 1.38 bits per heavy atom. The SMILES string of the molecule is CN=C(NCCn1ccnc1)N1CCc2ccccc21.I. The molecule has 0 saturated heterocycles. The molecule has 6 heteroatoms. The summed E-state index contributed by atoms with van der Waals surface area (Å²) in [5.41, 5.74) is 2.66. The third kappa shape index (κ3) is 3.55. The summed E-state index contributed by atoms with van der Waals surface area (Å²) in [6, 6.07) is 8.52. The summed E-state index contributed by atoms with van der Waals surface area (Å²) >= 11 is 0. The van der Waals surface area contributed by atoms with Crippen molar-refractivity contribution in [3.8, 4) is 0 Å². The Labute approximate surface area is 142 Å². The van der Waals surface area contributed by atoms with E-state index >= 15 is 0 Å². The summed E-state index contributed by atoms with van der Waals surface area (Å²) in [5.74, 6) is 0.940. The molecular formula is C15H20IN5. The maximum Gasteiger partial charge on any atom is 0.198 e. The number of imidazole rings is 1. The van der Waals surface area contributed by atoms with Crippen molar-refractivity contribution < 1.29 is 0 Å². The minimum Gasteiger partial charge on any atom is -0.354 e. The van der Waals surface area contributed by atoms with Crippen molar-refractivity contribution in [2.75, 3.05) is 25.0 Å². The monoisotopic (exact) mass is 397 g/mol. The quantitative estimate of drug-likeness (QED) is 0.491. The highest BCUT2D eigenvalue weighted by molar-refractivity contribution is 14.0. The van der Waals surface area contributed by atoms with E-state index < -0.39 is 0 Å². The van der Waals surface area contributed by atoms with Crippen LogP contribution in [0.5, 0.6) is 0 Å². The third-order valence-electron chi connectivity index (χ3n) is 3.57. The number of benzene rings is 1. The van der Waals surface area contributed by atoms with Crippen LogP contribution >= 0.6 is 24.0 Å². The Bertz CT molecular complexity index is 594. The van der Waals surface area contributed by atoms with Crippen LogP contribution in [-0.2, 0) is 13.0 Å². The predicted octanol–water partition coefficient (Wildman–Crippen LogP) is 2.14. The second-order valence-electron chi connectivity index (χ2n) is 4.80. The second kappa shape index (κ2) is 7.44. The van der Waals surface area contributed by atoms with Crippen LogP contribution in [0.15, 0.2) is 48.0 Å². The van der Waals surface area contributed by atoms with Gasteiger partial charge >= 0.3 is 0 Å². The van der Waals surface area contributed by atoms with E-state index in [1.807, 2.05) is 19.6 Å². The van der Waals surface area contributed by atoms with Crippen molar-refractivity contribution in [3.63, 3.8) is 0 Å². The average molecular weight is 397 g/mol. The minimum absolute atomic E-state index is 0. The first-order valence-corrected chi connectivity index (χ1v) is 6.90. The van der Waals surface area contributed by atoms with Gasteiger partial charge in [0.2, 0.25) is 0 Å². The van der Waals surface area contributed by atoms with E-state index in [9.17, 15) is 0 Å². The van der Waals surface area contributed by atoms with Crippen LogP contribution in [0.2, 0.25) is 0 Å². The van der Waals surface area contributed by atoms with Crippen LogP contribution in [0.4, 0.5) is 5.69 Å². The first-order valence-electron chi connectivity index (χ1n) is 6.90. The van der Waals surface area contributed by atoms with Crippen molar-refractivity contribution >= 4 is 35.6 Å². The van der Waals surface area contributed by atoms with Gasteiger partial charge < -0.3 is 14.8 Å². The number of para-hydroxylation sites is 1. The maximum atomic E-state index is 4.39. The number of nitrogens with zero attached hydrogens (tertiary/aromatic N) is 4. The Balaban J connectivity index is 0.00000161. The molecule has 0 unspecified atom stereocenters. The van der Waals surface area contributed by atoms with Crippen LogP contribution in [-0.4, -0.2) is 35.6 Å². The Kier molecular flexibility index (Phi) is 5.60. The molecule has 1 aliphatic heterocycles. The summed E-state index contributed by atoms with van der Waals surface area (Å²) in [5, 5.41) is 3.42. The van der Waals surface area contributed by atoms with E-state index in [0.717, 1.165) is 32.0 Å². The Hall–Kier alpha value is -1.57. The summed E-state index contributed by atoms with van der Waals surface area (Å²) < 4.78 is 2.05. The summed E-state index contributed by atoms with van der Waals surface area (Å²) in [4.78, 5) is 10.7. The van der Waals surface area contributed by atoms with Gasteiger partial charge in [0.15, 0.2) is 5.96 Å². The molecule has 0 amide bonds. The highest BCUT2D eigenvalue weighted by atomic mass is 127. The number of hydrogen-bond acceptors (Lipinski definition) is 2. The fraction of sp³-hybridized carbons (Fsp3) is 0.333. The number of guanidine groups is 1. The molecular weight excluding hydrogens is 377 g/mol. The van der Waals surface area contributed by atoms with Gasteiger partial charge in [-0.1, -0.05) is 18.2 Å². The Morgan fingerprint density at radius 3 is 3.00 bits per heavy atom. The summed E-state index contributed by atoms with van der Waals surface area (Å²) in [6.45, 7) is 2.71. The van der Waals surface area contributed by atoms with Crippen molar-refractivity contribution in [2.24, 2.45) is 4.99 Å². The zero-order chi connectivity index (χ0) is 13.8. The van der Waals surface area contributed by atoms with Gasteiger partial charge in [-0.3, -0.25) is 4.99 Å². The van der Waals surface area contributed by atoms with Gasteiger partial charge in [0.1, 0.15) is 0 Å². The zero-order valence-electron chi connectivity index (χ0n) is 12.1. The van der Waals surface area contributed by atoms with E-state index in [-0.39, 0.29) is 24.0 Å². The molecule has 0 spiro atoms. The molecule has 5 nitrogen and oxygen atoms in total. The van der Waals surface area contributed by atoms with Gasteiger partial charge in [-0.25, -0.2) is 4.98 Å². The van der Waals surface area contributed by atoms with Crippen LogP contribution in [0.25, 0.3) is 0 Å². The molecule has 3 rings (SSSR count). The van der Waals surface area contributed by atoms with Crippen LogP contribution in [0.1, 0.15) is 5.56 Å². The number of halogens is 1. The van der Waals surface area contributed by atoms with Gasteiger partial charge in [0.05, 0.1) is 6.33 Å². The summed E-state index contributed by atoms with van der Waals surface area (Å²) in [7, 11) is 1.83. The van der Waals surface area contributed by atoms with E-state index in [4.69, 9.17) is 0 Å². The van der Waals surface area contributed by atoms with Crippen molar-refractivity contribution in [1.82, 2.24) is 14.9 Å². The molecule has 1 aromatic carbocycles. The molecule has 0 saturated carbocycles. The van der Waals surface area contributed by atoms with E-state index in [1.165, 1.54) is 11.3 Å². The van der Waals surface area contributed by atoms with Crippen molar-refractivity contribution in [1.29, 1.82) is 0 Å². The van der Waals surface area contributed by atoms with Gasteiger partial charge in [0, 0.05) is 44.8 Å². The molecule has 112 valence electrons. The third-order valence-corrected chi connectivity index (χ3v) is 3.57. The lowest BCUT2D eigenvalue weighted by Gasteiger charge is -2.22.